The SMILES string of the molecule is CC1(C)COCCN1C(=O)CCNC(=O)NC12CC3CC(CC(C3)C1)C2. The maximum atomic E-state index is 12.5. The van der Waals surface area contributed by atoms with Crippen LogP contribution in [0, 0.1) is 17.8 Å². The second kappa shape index (κ2) is 6.70. The van der Waals surface area contributed by atoms with Gasteiger partial charge in [-0.15, -0.1) is 0 Å². The lowest BCUT2D eigenvalue weighted by Crippen LogP contribution is -2.61. The fourth-order valence-corrected chi connectivity index (χ4v) is 6.29. The summed E-state index contributed by atoms with van der Waals surface area (Å²) < 4.78 is 5.47. The lowest BCUT2D eigenvalue weighted by molar-refractivity contribution is -0.146. The van der Waals surface area contributed by atoms with Gasteiger partial charge in [-0.1, -0.05) is 0 Å². The van der Waals surface area contributed by atoms with Gasteiger partial charge in [0.2, 0.25) is 5.91 Å². The minimum Gasteiger partial charge on any atom is -0.377 e. The molecule has 5 fully saturated rings. The average molecular weight is 364 g/mol. The number of urea groups is 1. The van der Waals surface area contributed by atoms with Crippen molar-refractivity contribution in [2.45, 2.75) is 69.9 Å². The first-order valence-corrected chi connectivity index (χ1v) is 10.3. The normalized spacial score (nSPS) is 37.5. The van der Waals surface area contributed by atoms with Gasteiger partial charge in [-0.2, -0.15) is 0 Å². The molecule has 1 saturated heterocycles. The molecule has 4 bridgehead atoms. The number of amides is 3. The Morgan fingerprint density at radius 2 is 1.69 bits per heavy atom. The predicted molar refractivity (Wildman–Crippen MR) is 98.7 cm³/mol. The quantitative estimate of drug-likeness (QED) is 0.805. The molecule has 146 valence electrons. The molecule has 0 spiro atoms. The molecular weight excluding hydrogens is 330 g/mol. The lowest BCUT2D eigenvalue weighted by atomic mass is 9.53. The van der Waals surface area contributed by atoms with Gasteiger partial charge >= 0.3 is 6.03 Å². The van der Waals surface area contributed by atoms with Crippen molar-refractivity contribution < 1.29 is 14.3 Å². The van der Waals surface area contributed by atoms with Gasteiger partial charge in [0.05, 0.1) is 18.8 Å². The summed E-state index contributed by atoms with van der Waals surface area (Å²) in [5.41, 5.74) is -0.244. The van der Waals surface area contributed by atoms with Crippen molar-refractivity contribution in [3.05, 3.63) is 0 Å². The van der Waals surface area contributed by atoms with Gasteiger partial charge in [0.25, 0.3) is 0 Å². The minimum absolute atomic E-state index is 0.0229. The van der Waals surface area contributed by atoms with E-state index < -0.39 is 0 Å². The largest absolute Gasteiger partial charge is 0.377 e. The van der Waals surface area contributed by atoms with Gasteiger partial charge in [-0.05, 0) is 70.1 Å². The molecule has 6 heteroatoms. The molecule has 4 saturated carbocycles. The first-order valence-electron chi connectivity index (χ1n) is 10.3. The first-order chi connectivity index (χ1) is 12.4. The molecule has 0 radical (unpaired) electrons. The van der Waals surface area contributed by atoms with Gasteiger partial charge in [-0.3, -0.25) is 4.79 Å². The highest BCUT2D eigenvalue weighted by molar-refractivity contribution is 5.79. The summed E-state index contributed by atoms with van der Waals surface area (Å²) in [4.78, 5) is 26.8. The third kappa shape index (κ3) is 3.57. The smallest absolute Gasteiger partial charge is 0.315 e. The number of nitrogens with one attached hydrogen (secondary N) is 2. The van der Waals surface area contributed by atoms with Gasteiger partial charge in [0, 0.05) is 25.0 Å². The number of carbonyl (C=O) groups excluding carboxylic acids is 2. The van der Waals surface area contributed by atoms with Crippen LogP contribution in [0.4, 0.5) is 4.79 Å². The van der Waals surface area contributed by atoms with Crippen molar-refractivity contribution >= 4 is 11.9 Å². The number of hydrogen-bond donors (Lipinski definition) is 2. The Morgan fingerprint density at radius 3 is 2.27 bits per heavy atom. The topological polar surface area (TPSA) is 70.7 Å². The summed E-state index contributed by atoms with van der Waals surface area (Å²) >= 11 is 0. The van der Waals surface area contributed by atoms with Crippen LogP contribution in [0.1, 0.15) is 58.8 Å². The molecule has 3 amide bonds. The monoisotopic (exact) mass is 363 g/mol. The van der Waals surface area contributed by atoms with Gasteiger partial charge < -0.3 is 20.3 Å². The van der Waals surface area contributed by atoms with Gasteiger partial charge in [0.15, 0.2) is 0 Å². The summed E-state index contributed by atoms with van der Waals surface area (Å²) in [5.74, 6) is 2.53. The molecule has 1 heterocycles. The van der Waals surface area contributed by atoms with E-state index in [1.54, 1.807) is 0 Å². The van der Waals surface area contributed by atoms with Crippen LogP contribution >= 0.6 is 0 Å². The molecule has 1 aliphatic heterocycles. The first kappa shape index (κ1) is 18.1. The molecule has 4 aliphatic carbocycles. The van der Waals surface area contributed by atoms with Crippen LogP contribution in [0.5, 0.6) is 0 Å². The Hall–Kier alpha value is -1.30. The van der Waals surface area contributed by atoms with Gasteiger partial charge in [0.1, 0.15) is 0 Å². The van der Waals surface area contributed by atoms with E-state index in [0.29, 0.717) is 32.7 Å². The van der Waals surface area contributed by atoms with Crippen LogP contribution in [0.15, 0.2) is 0 Å². The van der Waals surface area contributed by atoms with Crippen LogP contribution in [0.3, 0.4) is 0 Å². The molecule has 0 aromatic carbocycles. The van der Waals surface area contributed by atoms with Crippen molar-refractivity contribution in [1.29, 1.82) is 0 Å². The van der Waals surface area contributed by atoms with E-state index in [2.05, 4.69) is 10.6 Å². The summed E-state index contributed by atoms with van der Waals surface area (Å²) in [6, 6.07) is -0.0963. The third-order valence-electron chi connectivity index (χ3n) is 6.99. The Bertz CT molecular complexity index is 539. The van der Waals surface area contributed by atoms with Crippen molar-refractivity contribution in [1.82, 2.24) is 15.5 Å². The van der Waals surface area contributed by atoms with Crippen molar-refractivity contribution in [2.75, 3.05) is 26.3 Å². The van der Waals surface area contributed by atoms with Crippen LogP contribution < -0.4 is 10.6 Å². The Labute approximate surface area is 156 Å². The summed E-state index contributed by atoms with van der Waals surface area (Å²) in [7, 11) is 0. The molecule has 0 unspecified atom stereocenters. The maximum absolute atomic E-state index is 12.5. The fourth-order valence-electron chi connectivity index (χ4n) is 6.29. The van der Waals surface area contributed by atoms with E-state index in [0.717, 1.165) is 37.0 Å². The van der Waals surface area contributed by atoms with Crippen molar-refractivity contribution in [2.24, 2.45) is 17.8 Å². The zero-order chi connectivity index (χ0) is 18.4. The van der Waals surface area contributed by atoms with E-state index in [1.807, 2.05) is 18.7 Å². The van der Waals surface area contributed by atoms with Crippen LogP contribution in [-0.4, -0.2) is 54.2 Å². The highest BCUT2D eigenvalue weighted by Crippen LogP contribution is 2.55. The predicted octanol–water partition coefficient (Wildman–Crippen LogP) is 2.28. The zero-order valence-corrected chi connectivity index (χ0v) is 16.2. The number of carbonyl (C=O) groups is 2. The van der Waals surface area contributed by atoms with E-state index in [-0.39, 0.29) is 23.0 Å². The molecule has 5 rings (SSSR count). The second-order valence-electron chi connectivity index (χ2n) is 9.74. The number of hydrogen-bond acceptors (Lipinski definition) is 3. The molecular formula is C20H33N3O3. The highest BCUT2D eigenvalue weighted by atomic mass is 16.5. The fraction of sp³-hybridized carbons (Fsp3) is 0.900. The Morgan fingerprint density at radius 1 is 1.08 bits per heavy atom. The molecule has 2 N–H and O–H groups in total. The molecule has 6 nitrogen and oxygen atoms in total. The number of morpholine rings is 1. The van der Waals surface area contributed by atoms with E-state index in [1.165, 1.54) is 19.3 Å². The number of nitrogens with zero attached hydrogens (tertiary/aromatic N) is 1. The average Bonchev–Trinajstić information content (AvgIpc) is 2.52. The van der Waals surface area contributed by atoms with Crippen LogP contribution in [0.2, 0.25) is 0 Å². The molecule has 0 atom stereocenters. The van der Waals surface area contributed by atoms with E-state index >= 15 is 0 Å². The van der Waals surface area contributed by atoms with Gasteiger partial charge in [-0.25, -0.2) is 4.79 Å². The minimum atomic E-state index is -0.267. The molecule has 26 heavy (non-hydrogen) atoms. The van der Waals surface area contributed by atoms with Crippen molar-refractivity contribution in [3.63, 3.8) is 0 Å². The summed E-state index contributed by atoms with van der Waals surface area (Å²) in [6.45, 7) is 6.23. The van der Waals surface area contributed by atoms with Crippen molar-refractivity contribution in [3.8, 4) is 0 Å². The third-order valence-corrected chi connectivity index (χ3v) is 6.99. The molecule has 0 aromatic heterocycles. The lowest BCUT2D eigenvalue weighted by Gasteiger charge is -2.56. The molecule has 0 aromatic rings. The van der Waals surface area contributed by atoms with E-state index in [4.69, 9.17) is 4.74 Å². The Kier molecular flexibility index (Phi) is 4.66. The highest BCUT2D eigenvalue weighted by Gasteiger charge is 2.51. The maximum Gasteiger partial charge on any atom is 0.315 e. The van der Waals surface area contributed by atoms with Crippen LogP contribution in [0.25, 0.3) is 0 Å². The Balaban J connectivity index is 1.24. The summed E-state index contributed by atoms with van der Waals surface area (Å²) in [6.07, 6.45) is 7.89. The second-order valence-corrected chi connectivity index (χ2v) is 9.74. The zero-order valence-electron chi connectivity index (χ0n) is 16.2. The van der Waals surface area contributed by atoms with E-state index in [9.17, 15) is 9.59 Å². The number of rotatable bonds is 4. The standard InChI is InChI=1S/C20H33N3O3/c1-19(2)13-26-6-5-23(19)17(24)3-4-21-18(25)22-20-10-14-7-15(11-20)9-16(8-14)12-20/h14-16H,3-13H2,1-2H3,(H2,21,22,25). The summed E-state index contributed by atoms with van der Waals surface area (Å²) in [5, 5.41) is 6.23. The molecule has 5 aliphatic rings. The number of ether oxygens (including phenoxy) is 1. The van der Waals surface area contributed by atoms with Crippen LogP contribution in [-0.2, 0) is 9.53 Å².